The Kier molecular flexibility index (Phi) is 5.45. The molecule has 18 heavy (non-hydrogen) atoms. The summed E-state index contributed by atoms with van der Waals surface area (Å²) in [5, 5.41) is 12.5. The molecule has 104 valence electrons. The molecular weight excluding hydrogens is 228 g/mol. The number of amides is 1. The lowest BCUT2D eigenvalue weighted by atomic mass is 9.93. The summed E-state index contributed by atoms with van der Waals surface area (Å²) in [6.07, 6.45) is 6.19. The van der Waals surface area contributed by atoms with Crippen molar-refractivity contribution >= 4 is 5.91 Å². The van der Waals surface area contributed by atoms with Gasteiger partial charge in [0.25, 0.3) is 0 Å². The summed E-state index contributed by atoms with van der Waals surface area (Å²) < 4.78 is 0. The molecule has 2 aliphatic rings. The molecule has 1 amide bonds. The number of aliphatic hydroxyl groups excluding tert-OH is 1. The molecule has 0 aromatic carbocycles. The fourth-order valence-electron chi connectivity index (χ4n) is 3.02. The van der Waals surface area contributed by atoms with Gasteiger partial charge in [0.1, 0.15) is 0 Å². The monoisotopic (exact) mass is 254 g/mol. The van der Waals surface area contributed by atoms with Gasteiger partial charge in [-0.05, 0) is 57.0 Å². The Morgan fingerprint density at radius 1 is 1.22 bits per heavy atom. The van der Waals surface area contributed by atoms with Crippen LogP contribution in [-0.4, -0.2) is 48.7 Å². The van der Waals surface area contributed by atoms with Crippen LogP contribution in [0.5, 0.6) is 0 Å². The largest absolute Gasteiger partial charge is 0.396 e. The van der Waals surface area contributed by atoms with Crippen molar-refractivity contribution in [3.8, 4) is 0 Å². The minimum Gasteiger partial charge on any atom is -0.396 e. The first-order chi connectivity index (χ1) is 8.79. The van der Waals surface area contributed by atoms with E-state index in [1.807, 2.05) is 4.90 Å². The van der Waals surface area contributed by atoms with E-state index in [-0.39, 0.29) is 6.61 Å². The first kappa shape index (κ1) is 13.8. The SMILES string of the molecule is O=C(CCC1CCCNC1)N1CCC(CO)CC1. The number of hydrogen-bond acceptors (Lipinski definition) is 3. The molecule has 0 saturated carbocycles. The van der Waals surface area contributed by atoms with Crippen LogP contribution in [0.3, 0.4) is 0 Å². The Balaban J connectivity index is 1.65. The zero-order chi connectivity index (χ0) is 12.8. The van der Waals surface area contributed by atoms with Gasteiger partial charge in [-0.15, -0.1) is 0 Å². The molecule has 2 rings (SSSR count). The first-order valence-corrected chi connectivity index (χ1v) is 7.39. The van der Waals surface area contributed by atoms with E-state index >= 15 is 0 Å². The molecule has 2 N–H and O–H groups in total. The van der Waals surface area contributed by atoms with E-state index < -0.39 is 0 Å². The number of aliphatic hydroxyl groups is 1. The lowest BCUT2D eigenvalue weighted by Gasteiger charge is -2.32. The second-order valence-corrected chi connectivity index (χ2v) is 5.76. The van der Waals surface area contributed by atoms with Gasteiger partial charge < -0.3 is 15.3 Å². The molecule has 4 heteroatoms. The molecule has 1 atom stereocenters. The highest BCUT2D eigenvalue weighted by atomic mass is 16.3. The molecule has 2 saturated heterocycles. The van der Waals surface area contributed by atoms with Gasteiger partial charge in [-0.1, -0.05) is 0 Å². The van der Waals surface area contributed by atoms with Gasteiger partial charge in [-0.25, -0.2) is 0 Å². The molecule has 0 aliphatic carbocycles. The maximum Gasteiger partial charge on any atom is 0.222 e. The fourth-order valence-corrected chi connectivity index (χ4v) is 3.02. The van der Waals surface area contributed by atoms with Crippen LogP contribution >= 0.6 is 0 Å². The van der Waals surface area contributed by atoms with Gasteiger partial charge in [-0.2, -0.15) is 0 Å². The minimum atomic E-state index is 0.274. The fraction of sp³-hybridized carbons (Fsp3) is 0.929. The molecular formula is C14H26N2O2. The zero-order valence-corrected chi connectivity index (χ0v) is 11.2. The number of nitrogens with zero attached hydrogens (tertiary/aromatic N) is 1. The molecule has 2 fully saturated rings. The third-order valence-corrected chi connectivity index (χ3v) is 4.39. The number of carbonyl (C=O) groups excluding carboxylic acids is 1. The van der Waals surface area contributed by atoms with Crippen molar-refractivity contribution in [2.45, 2.75) is 38.5 Å². The van der Waals surface area contributed by atoms with Crippen molar-refractivity contribution in [3.05, 3.63) is 0 Å². The van der Waals surface area contributed by atoms with Crippen LogP contribution in [0.1, 0.15) is 38.5 Å². The molecule has 1 unspecified atom stereocenters. The van der Waals surface area contributed by atoms with E-state index in [1.165, 1.54) is 12.8 Å². The van der Waals surface area contributed by atoms with Crippen LogP contribution in [0.15, 0.2) is 0 Å². The van der Waals surface area contributed by atoms with Gasteiger partial charge in [-0.3, -0.25) is 4.79 Å². The van der Waals surface area contributed by atoms with Crippen molar-refractivity contribution in [1.29, 1.82) is 0 Å². The summed E-state index contributed by atoms with van der Waals surface area (Å²) >= 11 is 0. The number of carbonyl (C=O) groups is 1. The van der Waals surface area contributed by atoms with Gasteiger partial charge in [0.15, 0.2) is 0 Å². The number of likely N-dealkylation sites (tertiary alicyclic amines) is 1. The van der Waals surface area contributed by atoms with Crippen molar-refractivity contribution < 1.29 is 9.90 Å². The van der Waals surface area contributed by atoms with Crippen molar-refractivity contribution in [3.63, 3.8) is 0 Å². The lowest BCUT2D eigenvalue weighted by molar-refractivity contribution is -0.133. The predicted molar refractivity (Wildman–Crippen MR) is 71.2 cm³/mol. The maximum atomic E-state index is 12.1. The van der Waals surface area contributed by atoms with Crippen LogP contribution in [-0.2, 0) is 4.79 Å². The van der Waals surface area contributed by atoms with Crippen LogP contribution < -0.4 is 5.32 Å². The van der Waals surface area contributed by atoms with E-state index in [0.29, 0.717) is 24.2 Å². The maximum absolute atomic E-state index is 12.1. The average molecular weight is 254 g/mol. The molecule has 0 spiro atoms. The second kappa shape index (κ2) is 7.10. The summed E-state index contributed by atoms with van der Waals surface area (Å²) in [4.78, 5) is 14.1. The number of nitrogens with one attached hydrogen (secondary N) is 1. The summed E-state index contributed by atoms with van der Waals surface area (Å²) in [6, 6.07) is 0. The molecule has 4 nitrogen and oxygen atoms in total. The number of rotatable bonds is 4. The van der Waals surface area contributed by atoms with Gasteiger partial charge in [0, 0.05) is 26.1 Å². The topological polar surface area (TPSA) is 52.6 Å². The molecule has 0 radical (unpaired) electrons. The van der Waals surface area contributed by atoms with E-state index in [9.17, 15) is 4.79 Å². The molecule has 2 aliphatic heterocycles. The molecule has 0 bridgehead atoms. The smallest absolute Gasteiger partial charge is 0.222 e. The van der Waals surface area contributed by atoms with E-state index in [0.717, 1.165) is 45.4 Å². The van der Waals surface area contributed by atoms with Crippen LogP contribution in [0.2, 0.25) is 0 Å². The summed E-state index contributed by atoms with van der Waals surface area (Å²) in [5.41, 5.74) is 0. The molecule has 0 aromatic heterocycles. The zero-order valence-electron chi connectivity index (χ0n) is 11.2. The highest BCUT2D eigenvalue weighted by Gasteiger charge is 2.23. The first-order valence-electron chi connectivity index (χ1n) is 7.39. The Bertz CT molecular complexity index is 257. The van der Waals surface area contributed by atoms with Gasteiger partial charge >= 0.3 is 0 Å². The van der Waals surface area contributed by atoms with E-state index in [2.05, 4.69) is 5.32 Å². The third-order valence-electron chi connectivity index (χ3n) is 4.39. The Labute approximate surface area is 110 Å². The Morgan fingerprint density at radius 2 is 2.00 bits per heavy atom. The van der Waals surface area contributed by atoms with Crippen molar-refractivity contribution in [2.24, 2.45) is 11.8 Å². The summed E-state index contributed by atoms with van der Waals surface area (Å²) in [6.45, 7) is 4.18. The lowest BCUT2D eigenvalue weighted by Crippen LogP contribution is -2.39. The van der Waals surface area contributed by atoms with E-state index in [4.69, 9.17) is 5.11 Å². The summed E-state index contributed by atoms with van der Waals surface area (Å²) in [5.74, 6) is 1.42. The standard InChI is InChI=1S/C14H26N2O2/c17-11-13-5-8-16(9-6-13)14(18)4-3-12-2-1-7-15-10-12/h12-13,15,17H,1-11H2. The van der Waals surface area contributed by atoms with Gasteiger partial charge in [0.05, 0.1) is 0 Å². The van der Waals surface area contributed by atoms with Gasteiger partial charge in [0.2, 0.25) is 5.91 Å². The van der Waals surface area contributed by atoms with E-state index in [1.54, 1.807) is 0 Å². The second-order valence-electron chi connectivity index (χ2n) is 5.76. The third kappa shape index (κ3) is 3.95. The molecule has 0 aromatic rings. The minimum absolute atomic E-state index is 0.274. The van der Waals surface area contributed by atoms with Crippen molar-refractivity contribution in [1.82, 2.24) is 10.2 Å². The molecule has 2 heterocycles. The number of hydrogen-bond donors (Lipinski definition) is 2. The van der Waals surface area contributed by atoms with Crippen molar-refractivity contribution in [2.75, 3.05) is 32.8 Å². The Hall–Kier alpha value is -0.610. The predicted octanol–water partition coefficient (Wildman–Crippen LogP) is 0.997. The number of piperidine rings is 2. The van der Waals surface area contributed by atoms with Crippen LogP contribution in [0.25, 0.3) is 0 Å². The van der Waals surface area contributed by atoms with Crippen LogP contribution in [0.4, 0.5) is 0 Å². The Morgan fingerprint density at radius 3 is 2.61 bits per heavy atom. The average Bonchev–Trinajstić information content (AvgIpc) is 2.46. The highest BCUT2D eigenvalue weighted by Crippen LogP contribution is 2.20. The normalized spacial score (nSPS) is 26.3. The highest BCUT2D eigenvalue weighted by molar-refractivity contribution is 5.76. The quantitative estimate of drug-likeness (QED) is 0.787. The summed E-state index contributed by atoms with van der Waals surface area (Å²) in [7, 11) is 0. The van der Waals surface area contributed by atoms with Crippen LogP contribution in [0, 0.1) is 11.8 Å².